The zero-order chi connectivity index (χ0) is 17.1. The predicted octanol–water partition coefficient (Wildman–Crippen LogP) is 3.72. The SMILES string of the molecule is C[C@@H]1CCCCN1C(=O)c1cccc(C(=O)N2CCCC[C@H]2C)c1. The number of carbonyl (C=O) groups is 2. The van der Waals surface area contributed by atoms with Gasteiger partial charge >= 0.3 is 0 Å². The van der Waals surface area contributed by atoms with Gasteiger partial charge in [0.25, 0.3) is 11.8 Å². The van der Waals surface area contributed by atoms with Crippen molar-refractivity contribution in [3.8, 4) is 0 Å². The van der Waals surface area contributed by atoms with E-state index in [4.69, 9.17) is 0 Å². The first-order chi connectivity index (χ1) is 11.6. The molecule has 3 rings (SSSR count). The minimum atomic E-state index is 0.0588. The van der Waals surface area contributed by atoms with Gasteiger partial charge in [-0.3, -0.25) is 9.59 Å². The van der Waals surface area contributed by atoms with E-state index >= 15 is 0 Å². The topological polar surface area (TPSA) is 40.6 Å². The second kappa shape index (κ2) is 7.37. The van der Waals surface area contributed by atoms with E-state index in [0.717, 1.165) is 38.8 Å². The molecule has 2 heterocycles. The Hall–Kier alpha value is -1.84. The van der Waals surface area contributed by atoms with Gasteiger partial charge in [0.1, 0.15) is 0 Å². The van der Waals surface area contributed by atoms with Gasteiger partial charge in [-0.1, -0.05) is 6.07 Å². The maximum Gasteiger partial charge on any atom is 0.254 e. The molecule has 0 aliphatic carbocycles. The molecule has 1 aromatic rings. The number of amides is 2. The summed E-state index contributed by atoms with van der Waals surface area (Å²) >= 11 is 0. The highest BCUT2D eigenvalue weighted by Gasteiger charge is 2.27. The molecular formula is C20H28N2O2. The van der Waals surface area contributed by atoms with E-state index in [1.54, 1.807) is 6.07 Å². The Morgan fingerprint density at radius 1 is 0.833 bits per heavy atom. The lowest BCUT2D eigenvalue weighted by Crippen LogP contribution is -2.43. The first kappa shape index (κ1) is 17.0. The second-order valence-electron chi connectivity index (χ2n) is 7.27. The molecule has 0 saturated carbocycles. The molecule has 2 aliphatic heterocycles. The second-order valence-corrected chi connectivity index (χ2v) is 7.27. The molecule has 2 saturated heterocycles. The molecule has 4 nitrogen and oxygen atoms in total. The highest BCUT2D eigenvalue weighted by Crippen LogP contribution is 2.22. The van der Waals surface area contributed by atoms with Gasteiger partial charge in [0.15, 0.2) is 0 Å². The summed E-state index contributed by atoms with van der Waals surface area (Å²) in [7, 11) is 0. The Labute approximate surface area is 144 Å². The minimum Gasteiger partial charge on any atom is -0.336 e. The lowest BCUT2D eigenvalue weighted by Gasteiger charge is -2.34. The fourth-order valence-electron chi connectivity index (χ4n) is 3.92. The first-order valence-electron chi connectivity index (χ1n) is 9.30. The van der Waals surface area contributed by atoms with Gasteiger partial charge in [0.05, 0.1) is 0 Å². The molecule has 0 aromatic heterocycles. The van der Waals surface area contributed by atoms with Crippen molar-refractivity contribution >= 4 is 11.8 Å². The Kier molecular flexibility index (Phi) is 5.22. The fraction of sp³-hybridized carbons (Fsp3) is 0.600. The highest BCUT2D eigenvalue weighted by atomic mass is 16.2. The monoisotopic (exact) mass is 328 g/mol. The largest absolute Gasteiger partial charge is 0.336 e. The highest BCUT2D eigenvalue weighted by molar-refractivity contribution is 6.00. The normalized spacial score (nSPS) is 24.8. The van der Waals surface area contributed by atoms with Gasteiger partial charge < -0.3 is 9.80 Å². The van der Waals surface area contributed by atoms with Gasteiger partial charge in [-0.15, -0.1) is 0 Å². The molecular weight excluding hydrogens is 300 g/mol. The Morgan fingerprint density at radius 3 is 1.71 bits per heavy atom. The van der Waals surface area contributed by atoms with Crippen molar-refractivity contribution in [3.05, 3.63) is 35.4 Å². The zero-order valence-corrected chi connectivity index (χ0v) is 14.8. The number of benzene rings is 1. The van der Waals surface area contributed by atoms with Crippen molar-refractivity contribution in [2.45, 2.75) is 64.5 Å². The maximum atomic E-state index is 12.8. The van der Waals surface area contributed by atoms with E-state index < -0.39 is 0 Å². The van der Waals surface area contributed by atoms with Crippen LogP contribution in [0, 0.1) is 0 Å². The van der Waals surface area contributed by atoms with Crippen LogP contribution in [0.15, 0.2) is 24.3 Å². The number of nitrogens with zero attached hydrogens (tertiary/aromatic N) is 2. The van der Waals surface area contributed by atoms with E-state index in [-0.39, 0.29) is 23.9 Å². The average molecular weight is 328 g/mol. The van der Waals surface area contributed by atoms with Crippen molar-refractivity contribution in [1.29, 1.82) is 0 Å². The number of likely N-dealkylation sites (tertiary alicyclic amines) is 2. The Bertz CT molecular complexity index is 564. The van der Waals surface area contributed by atoms with Crippen LogP contribution in [0.2, 0.25) is 0 Å². The number of piperidine rings is 2. The molecule has 4 heteroatoms. The fourth-order valence-corrected chi connectivity index (χ4v) is 3.92. The Balaban J connectivity index is 1.78. The van der Waals surface area contributed by atoms with Crippen molar-refractivity contribution in [1.82, 2.24) is 9.80 Å². The van der Waals surface area contributed by atoms with Gasteiger partial charge in [-0.25, -0.2) is 0 Å². The van der Waals surface area contributed by atoms with Crippen molar-refractivity contribution < 1.29 is 9.59 Å². The summed E-state index contributed by atoms with van der Waals surface area (Å²) in [6.07, 6.45) is 6.65. The van der Waals surface area contributed by atoms with E-state index in [1.807, 2.05) is 28.0 Å². The number of hydrogen-bond acceptors (Lipinski definition) is 2. The number of rotatable bonds is 2. The van der Waals surface area contributed by atoms with Crippen LogP contribution in [0.3, 0.4) is 0 Å². The van der Waals surface area contributed by atoms with Crippen LogP contribution < -0.4 is 0 Å². The van der Waals surface area contributed by atoms with Gasteiger partial charge in [-0.05, 0) is 70.6 Å². The number of hydrogen-bond donors (Lipinski definition) is 0. The smallest absolute Gasteiger partial charge is 0.254 e. The quantitative estimate of drug-likeness (QED) is 0.830. The summed E-state index contributed by atoms with van der Waals surface area (Å²) in [5.74, 6) is 0.118. The van der Waals surface area contributed by atoms with E-state index in [2.05, 4.69) is 13.8 Å². The van der Waals surface area contributed by atoms with Gasteiger partial charge in [0.2, 0.25) is 0 Å². The van der Waals surface area contributed by atoms with Crippen LogP contribution >= 0.6 is 0 Å². The molecule has 1 aromatic carbocycles. The molecule has 2 amide bonds. The molecule has 24 heavy (non-hydrogen) atoms. The Morgan fingerprint density at radius 2 is 1.29 bits per heavy atom. The molecule has 0 radical (unpaired) electrons. The summed E-state index contributed by atoms with van der Waals surface area (Å²) in [6, 6.07) is 7.86. The third kappa shape index (κ3) is 3.47. The van der Waals surface area contributed by atoms with Crippen molar-refractivity contribution in [2.24, 2.45) is 0 Å². The van der Waals surface area contributed by atoms with Crippen LogP contribution in [0.1, 0.15) is 73.1 Å². The molecule has 0 N–H and O–H groups in total. The average Bonchev–Trinajstić information content (AvgIpc) is 2.61. The van der Waals surface area contributed by atoms with Gasteiger partial charge in [0, 0.05) is 36.3 Å². The molecule has 2 atom stereocenters. The first-order valence-corrected chi connectivity index (χ1v) is 9.30. The predicted molar refractivity (Wildman–Crippen MR) is 95.1 cm³/mol. The molecule has 0 spiro atoms. The van der Waals surface area contributed by atoms with E-state index in [0.29, 0.717) is 11.1 Å². The summed E-state index contributed by atoms with van der Waals surface area (Å²) < 4.78 is 0. The summed E-state index contributed by atoms with van der Waals surface area (Å²) in [4.78, 5) is 29.6. The van der Waals surface area contributed by atoms with Crippen molar-refractivity contribution in [2.75, 3.05) is 13.1 Å². The van der Waals surface area contributed by atoms with Crippen LogP contribution in [0.5, 0.6) is 0 Å². The van der Waals surface area contributed by atoms with E-state index in [1.165, 1.54) is 12.8 Å². The van der Waals surface area contributed by atoms with Crippen molar-refractivity contribution in [3.63, 3.8) is 0 Å². The standard InChI is InChI=1S/C20H28N2O2/c1-15-8-3-5-12-21(15)19(23)17-10-7-11-18(14-17)20(24)22-13-6-4-9-16(22)2/h7,10-11,14-16H,3-6,8-9,12-13H2,1-2H3/t15-,16-/m1/s1. The van der Waals surface area contributed by atoms with Crippen LogP contribution in [-0.4, -0.2) is 46.8 Å². The lowest BCUT2D eigenvalue weighted by atomic mass is 10.00. The van der Waals surface area contributed by atoms with Gasteiger partial charge in [-0.2, -0.15) is 0 Å². The molecule has 130 valence electrons. The van der Waals surface area contributed by atoms with E-state index in [9.17, 15) is 9.59 Å². The third-order valence-corrected chi connectivity index (χ3v) is 5.48. The van der Waals surface area contributed by atoms with Crippen LogP contribution in [-0.2, 0) is 0 Å². The molecule has 2 aliphatic rings. The molecule has 0 unspecified atom stereocenters. The molecule has 2 fully saturated rings. The maximum absolute atomic E-state index is 12.8. The zero-order valence-electron chi connectivity index (χ0n) is 14.8. The summed E-state index contributed by atoms with van der Waals surface area (Å²) in [6.45, 7) is 5.87. The van der Waals surface area contributed by atoms with Crippen LogP contribution in [0.4, 0.5) is 0 Å². The molecule has 0 bridgehead atoms. The van der Waals surface area contributed by atoms with Crippen LogP contribution in [0.25, 0.3) is 0 Å². The minimum absolute atomic E-state index is 0.0588. The third-order valence-electron chi connectivity index (χ3n) is 5.48. The lowest BCUT2D eigenvalue weighted by molar-refractivity contribution is 0.0634. The number of carbonyl (C=O) groups excluding carboxylic acids is 2. The summed E-state index contributed by atoms with van der Waals surface area (Å²) in [5, 5.41) is 0. The summed E-state index contributed by atoms with van der Waals surface area (Å²) in [5.41, 5.74) is 1.28.